The van der Waals surface area contributed by atoms with E-state index in [-0.39, 0.29) is 15.3 Å². The lowest BCUT2D eigenvalue weighted by molar-refractivity contribution is 0.396. The summed E-state index contributed by atoms with van der Waals surface area (Å²) in [5.74, 6) is 0.473. The van der Waals surface area contributed by atoms with Crippen LogP contribution in [0.1, 0.15) is 38.3 Å². The highest BCUT2D eigenvalue weighted by atomic mass is 32.2. The third-order valence-electron chi connectivity index (χ3n) is 7.35. The van der Waals surface area contributed by atoms with Gasteiger partial charge >= 0.3 is 0 Å². The summed E-state index contributed by atoms with van der Waals surface area (Å²) in [7, 11) is 4.22. The van der Waals surface area contributed by atoms with Crippen LogP contribution < -0.4 is 9.80 Å². The zero-order valence-corrected chi connectivity index (χ0v) is 22.8. The third kappa shape index (κ3) is 3.54. The molecule has 0 saturated carbocycles. The minimum atomic E-state index is -0.237. The quantitative estimate of drug-likeness (QED) is 0.372. The number of benzene rings is 3. The number of fused-ring (bicyclic) bond motifs is 1. The SMILES string of the molecule is CN(C)c1ccc([C@@]23C(=NC(C)(C)C)S[C@]4(Sc5ccccc5)C[C@@H]2Cc2ccccc2N43)cc1. The second-order valence-corrected chi connectivity index (χ2v) is 14.0. The van der Waals surface area contributed by atoms with Crippen molar-refractivity contribution in [2.45, 2.75) is 53.8 Å². The molecule has 35 heavy (non-hydrogen) atoms. The van der Waals surface area contributed by atoms with E-state index < -0.39 is 0 Å². The predicted molar refractivity (Wildman–Crippen MR) is 153 cm³/mol. The molecule has 180 valence electrons. The first kappa shape index (κ1) is 23.1. The predicted octanol–water partition coefficient (Wildman–Crippen LogP) is 7.42. The Morgan fingerprint density at radius 2 is 1.63 bits per heavy atom. The number of anilines is 2. The fourth-order valence-electron chi connectivity index (χ4n) is 6.04. The lowest BCUT2D eigenvalue weighted by Crippen LogP contribution is -2.52. The van der Waals surface area contributed by atoms with Gasteiger partial charge in [0.25, 0.3) is 0 Å². The Hall–Kier alpha value is -2.37. The van der Waals surface area contributed by atoms with Gasteiger partial charge in [-0.25, -0.2) is 0 Å². The van der Waals surface area contributed by atoms with Gasteiger partial charge in [-0.2, -0.15) is 0 Å². The van der Waals surface area contributed by atoms with Crippen LogP contribution in [0.25, 0.3) is 0 Å². The van der Waals surface area contributed by atoms with E-state index in [1.165, 1.54) is 32.4 Å². The maximum absolute atomic E-state index is 5.45. The van der Waals surface area contributed by atoms with E-state index >= 15 is 0 Å². The van der Waals surface area contributed by atoms with E-state index in [2.05, 4.69) is 124 Å². The largest absolute Gasteiger partial charge is 0.378 e. The zero-order valence-electron chi connectivity index (χ0n) is 21.2. The minimum absolute atomic E-state index is 0.122. The lowest BCUT2D eigenvalue weighted by atomic mass is 9.73. The standard InChI is InChI=1S/C30H33N3S2/c1-28(2,3)31-27-30(22-15-17-24(18-16-22)32(4)5)23-19-21-11-9-10-14-26(21)33(30)29(20-23,35-27)34-25-12-7-6-8-13-25/h6-18,23H,19-20H2,1-5H3/t23-,29+,30-/m0/s1. The molecule has 6 rings (SSSR count). The van der Waals surface area contributed by atoms with E-state index in [1.54, 1.807) is 0 Å². The summed E-state index contributed by atoms with van der Waals surface area (Å²) in [4.78, 5) is 11.7. The molecule has 0 spiro atoms. The van der Waals surface area contributed by atoms with Crippen LogP contribution in [-0.4, -0.2) is 28.9 Å². The third-order valence-corrected chi connectivity index (χ3v) is 10.3. The molecular formula is C30H33N3S2. The van der Waals surface area contributed by atoms with Gasteiger partial charge in [0.05, 0.1) is 5.54 Å². The molecule has 0 aliphatic carbocycles. The molecular weight excluding hydrogens is 466 g/mol. The van der Waals surface area contributed by atoms with Gasteiger partial charge in [0.15, 0.2) is 0 Å². The summed E-state index contributed by atoms with van der Waals surface area (Å²) in [6.45, 7) is 6.68. The molecule has 2 fully saturated rings. The van der Waals surface area contributed by atoms with Gasteiger partial charge in [-0.3, -0.25) is 4.99 Å². The minimum Gasteiger partial charge on any atom is -0.378 e. The van der Waals surface area contributed by atoms with Gasteiger partial charge in [0.2, 0.25) is 0 Å². The van der Waals surface area contributed by atoms with Crippen molar-refractivity contribution >= 4 is 39.9 Å². The molecule has 3 aromatic carbocycles. The molecule has 0 aromatic heterocycles. The number of para-hydroxylation sites is 1. The second-order valence-electron chi connectivity index (χ2n) is 11.1. The van der Waals surface area contributed by atoms with Gasteiger partial charge in [-0.1, -0.05) is 72.1 Å². The lowest BCUT2D eigenvalue weighted by Gasteiger charge is -2.46. The number of nitrogens with zero attached hydrogens (tertiary/aromatic N) is 3. The Morgan fingerprint density at radius 3 is 2.31 bits per heavy atom. The van der Waals surface area contributed by atoms with Gasteiger partial charge in [-0.15, -0.1) is 0 Å². The number of hydrogen-bond donors (Lipinski definition) is 0. The summed E-state index contributed by atoms with van der Waals surface area (Å²) in [6.07, 6.45) is 2.22. The van der Waals surface area contributed by atoms with E-state index in [0.717, 1.165) is 12.8 Å². The van der Waals surface area contributed by atoms with Gasteiger partial charge < -0.3 is 9.80 Å². The average molecular weight is 500 g/mol. The molecule has 3 aliphatic rings. The number of aliphatic imine (C=N–C) groups is 1. The van der Waals surface area contributed by atoms with Gasteiger partial charge in [0.1, 0.15) is 14.8 Å². The maximum Gasteiger partial charge on any atom is 0.145 e. The van der Waals surface area contributed by atoms with Crippen molar-refractivity contribution in [3.63, 3.8) is 0 Å². The number of thioether (sulfide) groups is 2. The summed E-state index contributed by atoms with van der Waals surface area (Å²) in [6, 6.07) is 29.2. The first-order chi connectivity index (χ1) is 16.7. The van der Waals surface area contributed by atoms with Crippen LogP contribution in [0.2, 0.25) is 0 Å². The van der Waals surface area contributed by atoms with Crippen LogP contribution in [0.4, 0.5) is 11.4 Å². The highest BCUT2D eigenvalue weighted by Crippen LogP contribution is 2.73. The Bertz CT molecular complexity index is 1280. The number of rotatable bonds is 4. The van der Waals surface area contributed by atoms with Crippen molar-refractivity contribution in [3.05, 3.63) is 90.0 Å². The van der Waals surface area contributed by atoms with Gasteiger partial charge in [-0.05, 0) is 75.1 Å². The topological polar surface area (TPSA) is 18.8 Å². The summed E-state index contributed by atoms with van der Waals surface area (Å²) in [5, 5.41) is 1.27. The van der Waals surface area contributed by atoms with E-state index in [4.69, 9.17) is 4.99 Å². The van der Waals surface area contributed by atoms with Crippen LogP contribution in [-0.2, 0) is 12.0 Å². The van der Waals surface area contributed by atoms with E-state index in [0.29, 0.717) is 5.92 Å². The fourth-order valence-corrected chi connectivity index (χ4v) is 9.79. The molecule has 3 aromatic rings. The molecule has 2 saturated heterocycles. The summed E-state index contributed by atoms with van der Waals surface area (Å²) < 4.78 is -0.122. The second kappa shape index (κ2) is 8.07. The monoisotopic (exact) mass is 499 g/mol. The summed E-state index contributed by atoms with van der Waals surface area (Å²) >= 11 is 4.01. The molecule has 3 heterocycles. The van der Waals surface area contributed by atoms with Crippen molar-refractivity contribution in [1.29, 1.82) is 0 Å². The molecule has 0 radical (unpaired) electrons. The van der Waals surface area contributed by atoms with Crippen molar-refractivity contribution in [2.75, 3.05) is 23.9 Å². The maximum atomic E-state index is 5.45. The molecule has 0 amide bonds. The van der Waals surface area contributed by atoms with Crippen molar-refractivity contribution in [1.82, 2.24) is 0 Å². The smallest absolute Gasteiger partial charge is 0.145 e. The molecule has 0 N–H and O–H groups in total. The molecule has 3 atom stereocenters. The Morgan fingerprint density at radius 1 is 0.943 bits per heavy atom. The average Bonchev–Trinajstić information content (AvgIpc) is 3.18. The van der Waals surface area contributed by atoms with Crippen LogP contribution >= 0.6 is 23.5 Å². The Kier molecular flexibility index (Phi) is 5.32. The van der Waals surface area contributed by atoms with Gasteiger partial charge in [0, 0.05) is 36.3 Å². The highest BCUT2D eigenvalue weighted by molar-refractivity contribution is 8.26. The molecule has 3 nitrogen and oxygen atoms in total. The first-order valence-electron chi connectivity index (χ1n) is 12.4. The normalized spacial score (nSPS) is 27.9. The highest BCUT2D eigenvalue weighted by Gasteiger charge is 2.72. The fraction of sp³-hybridized carbons (Fsp3) is 0.367. The first-order valence-corrected chi connectivity index (χ1v) is 14.1. The Balaban J connectivity index is 1.61. The van der Waals surface area contributed by atoms with Crippen LogP contribution in [0.15, 0.2) is 88.8 Å². The van der Waals surface area contributed by atoms with Crippen LogP contribution in [0.5, 0.6) is 0 Å². The Labute approximate surface area is 218 Å². The van der Waals surface area contributed by atoms with Crippen molar-refractivity contribution < 1.29 is 0 Å². The van der Waals surface area contributed by atoms with Crippen LogP contribution in [0.3, 0.4) is 0 Å². The van der Waals surface area contributed by atoms with Crippen molar-refractivity contribution in [3.8, 4) is 0 Å². The number of hydrogen-bond acceptors (Lipinski definition) is 5. The molecule has 5 heteroatoms. The van der Waals surface area contributed by atoms with Crippen LogP contribution in [0, 0.1) is 5.92 Å². The van der Waals surface area contributed by atoms with E-state index in [1.807, 2.05) is 23.5 Å². The summed E-state index contributed by atoms with van der Waals surface area (Å²) in [5.41, 5.74) is 5.05. The van der Waals surface area contributed by atoms with E-state index in [9.17, 15) is 0 Å². The molecule has 0 unspecified atom stereocenters. The molecule has 3 aliphatic heterocycles. The molecule has 4 bridgehead atoms. The zero-order chi connectivity index (χ0) is 24.4. The van der Waals surface area contributed by atoms with Crippen molar-refractivity contribution in [2.24, 2.45) is 10.9 Å².